The number of nitrogen functional groups attached to an aromatic ring is 1. The van der Waals surface area contributed by atoms with Crippen LogP contribution in [-0.4, -0.2) is 14.5 Å². The zero-order valence-electron chi connectivity index (χ0n) is 7.93. The number of hydrogen-bond acceptors (Lipinski definition) is 5. The first-order valence-corrected chi connectivity index (χ1v) is 5.34. The van der Waals surface area contributed by atoms with Crippen molar-refractivity contribution in [3.05, 3.63) is 23.8 Å². The molecule has 0 aliphatic heterocycles. The van der Waals surface area contributed by atoms with Gasteiger partial charge in [0.25, 0.3) is 0 Å². The van der Waals surface area contributed by atoms with Gasteiger partial charge in [-0.25, -0.2) is 4.79 Å². The average molecular weight is 230 g/mol. The van der Waals surface area contributed by atoms with Crippen LogP contribution in [0.5, 0.6) is 0 Å². The minimum atomic E-state index is -4.14. The van der Waals surface area contributed by atoms with Crippen LogP contribution in [0.25, 0.3) is 0 Å². The Hall–Kier alpha value is -1.76. The Balaban J connectivity index is 3.22. The third kappa shape index (κ3) is 2.59. The lowest BCUT2D eigenvalue weighted by Gasteiger charge is -2.06. The minimum absolute atomic E-state index is 0.129. The average Bonchev–Trinajstić information content (AvgIpc) is 1.99. The van der Waals surface area contributed by atoms with Gasteiger partial charge in [-0.2, -0.15) is 8.42 Å². The fraction of sp³-hybridized carbons (Fsp3) is 0.125. The number of carbonyl (C=O) groups excluding carboxylic acids is 1. The first-order valence-electron chi connectivity index (χ1n) is 3.93. The highest BCUT2D eigenvalue weighted by Crippen LogP contribution is 2.19. The summed E-state index contributed by atoms with van der Waals surface area (Å²) in [5.41, 5.74) is 10.9. The summed E-state index contributed by atoms with van der Waals surface area (Å²) in [7, 11) is -4.14. The van der Waals surface area contributed by atoms with Crippen LogP contribution >= 0.6 is 0 Å². The largest absolute Gasteiger partial charge is 0.420 e. The van der Waals surface area contributed by atoms with Gasteiger partial charge in [0, 0.05) is 5.69 Å². The van der Waals surface area contributed by atoms with E-state index < -0.39 is 16.2 Å². The molecule has 4 N–H and O–H groups in total. The van der Waals surface area contributed by atoms with Crippen molar-refractivity contribution < 1.29 is 17.4 Å². The Morgan fingerprint density at radius 3 is 2.47 bits per heavy atom. The van der Waals surface area contributed by atoms with Gasteiger partial charge in [-0.1, -0.05) is 0 Å². The number of amides is 1. The monoisotopic (exact) mass is 230 g/mol. The van der Waals surface area contributed by atoms with E-state index in [0.717, 1.165) is 0 Å². The SMILES string of the molecule is Cc1cc(N)ccc1S(=O)(=O)OC(N)=O. The van der Waals surface area contributed by atoms with Gasteiger partial charge in [0.1, 0.15) is 4.90 Å². The second-order valence-corrected chi connectivity index (χ2v) is 4.40. The molecule has 0 aromatic heterocycles. The Morgan fingerprint density at radius 1 is 1.40 bits per heavy atom. The van der Waals surface area contributed by atoms with E-state index >= 15 is 0 Å². The number of nitrogens with two attached hydrogens (primary N) is 2. The Labute approximate surface area is 87.0 Å². The molecule has 0 saturated carbocycles. The smallest absolute Gasteiger partial charge is 0.399 e. The number of anilines is 1. The second-order valence-electron chi connectivity index (χ2n) is 2.88. The van der Waals surface area contributed by atoms with Crippen molar-refractivity contribution in [1.82, 2.24) is 0 Å². The zero-order valence-corrected chi connectivity index (χ0v) is 8.74. The molecule has 0 fully saturated rings. The van der Waals surface area contributed by atoms with Gasteiger partial charge in [0.05, 0.1) is 0 Å². The molecule has 1 amide bonds. The lowest BCUT2D eigenvalue weighted by molar-refractivity contribution is 0.212. The van der Waals surface area contributed by atoms with E-state index in [1.165, 1.54) is 25.1 Å². The van der Waals surface area contributed by atoms with E-state index in [-0.39, 0.29) is 4.90 Å². The van der Waals surface area contributed by atoms with Gasteiger partial charge < -0.3 is 15.7 Å². The van der Waals surface area contributed by atoms with Crippen LogP contribution < -0.4 is 11.5 Å². The normalized spacial score (nSPS) is 11.0. The van der Waals surface area contributed by atoms with E-state index in [9.17, 15) is 13.2 Å². The van der Waals surface area contributed by atoms with Crippen molar-refractivity contribution in [2.45, 2.75) is 11.8 Å². The van der Waals surface area contributed by atoms with Crippen LogP contribution in [0.1, 0.15) is 5.56 Å². The van der Waals surface area contributed by atoms with Crippen LogP contribution in [0.4, 0.5) is 10.5 Å². The topological polar surface area (TPSA) is 112 Å². The standard InChI is InChI=1S/C8H10N2O4S/c1-5-4-6(9)2-3-7(5)15(12,13)14-8(10)11/h2-4H,9H2,1H3,(H2,10,11). The number of carbonyl (C=O) groups is 1. The number of rotatable bonds is 2. The predicted octanol–water partition coefficient (Wildman–Crippen LogP) is 0.361. The quantitative estimate of drug-likeness (QED) is 0.562. The highest BCUT2D eigenvalue weighted by Gasteiger charge is 2.20. The third-order valence-electron chi connectivity index (χ3n) is 1.66. The molecular formula is C8H10N2O4S. The molecular weight excluding hydrogens is 220 g/mol. The van der Waals surface area contributed by atoms with E-state index in [0.29, 0.717) is 11.3 Å². The van der Waals surface area contributed by atoms with Crippen molar-refractivity contribution >= 4 is 21.9 Å². The van der Waals surface area contributed by atoms with Crippen LogP contribution in [0.15, 0.2) is 23.1 Å². The highest BCUT2D eigenvalue weighted by molar-refractivity contribution is 7.87. The molecule has 15 heavy (non-hydrogen) atoms. The first-order chi connectivity index (χ1) is 6.83. The van der Waals surface area contributed by atoms with Gasteiger partial charge in [-0.05, 0) is 30.7 Å². The molecule has 0 atom stereocenters. The molecule has 0 aliphatic rings. The van der Waals surface area contributed by atoms with Gasteiger partial charge in [0.15, 0.2) is 0 Å². The van der Waals surface area contributed by atoms with Crippen molar-refractivity contribution in [2.75, 3.05) is 5.73 Å². The van der Waals surface area contributed by atoms with Gasteiger partial charge >= 0.3 is 16.2 Å². The molecule has 1 aromatic carbocycles. The Kier molecular flexibility index (Phi) is 2.85. The summed E-state index contributed by atoms with van der Waals surface area (Å²) in [5.74, 6) is 0. The van der Waals surface area contributed by atoms with Crippen LogP contribution in [0, 0.1) is 6.92 Å². The maximum atomic E-state index is 11.4. The summed E-state index contributed by atoms with van der Waals surface area (Å²) in [6.07, 6.45) is -1.37. The summed E-state index contributed by atoms with van der Waals surface area (Å²) in [5, 5.41) is 0. The van der Waals surface area contributed by atoms with Crippen molar-refractivity contribution in [3.63, 3.8) is 0 Å². The van der Waals surface area contributed by atoms with Crippen molar-refractivity contribution in [3.8, 4) is 0 Å². The molecule has 0 heterocycles. The molecule has 0 radical (unpaired) electrons. The molecule has 0 saturated heterocycles. The van der Waals surface area contributed by atoms with Crippen LogP contribution in [0.3, 0.4) is 0 Å². The van der Waals surface area contributed by atoms with E-state index in [1.807, 2.05) is 0 Å². The highest BCUT2D eigenvalue weighted by atomic mass is 32.2. The maximum Gasteiger partial charge on any atom is 0.420 e. The maximum absolute atomic E-state index is 11.4. The molecule has 6 nitrogen and oxygen atoms in total. The zero-order chi connectivity index (χ0) is 11.6. The van der Waals surface area contributed by atoms with Gasteiger partial charge in [-0.15, -0.1) is 0 Å². The Morgan fingerprint density at radius 2 is 2.00 bits per heavy atom. The number of benzene rings is 1. The number of primary amides is 1. The molecule has 0 unspecified atom stereocenters. The first kappa shape index (κ1) is 11.3. The van der Waals surface area contributed by atoms with E-state index in [2.05, 4.69) is 9.92 Å². The molecule has 0 aliphatic carbocycles. The molecule has 0 spiro atoms. The lowest BCUT2D eigenvalue weighted by Crippen LogP contribution is -2.19. The fourth-order valence-electron chi connectivity index (χ4n) is 1.11. The summed E-state index contributed by atoms with van der Waals surface area (Å²) in [6.45, 7) is 1.54. The Bertz CT molecular complexity index is 495. The number of aryl methyl sites for hydroxylation is 1. The summed E-state index contributed by atoms with van der Waals surface area (Å²) in [4.78, 5) is 10.2. The second kappa shape index (κ2) is 3.77. The summed E-state index contributed by atoms with van der Waals surface area (Å²) < 4.78 is 26.8. The summed E-state index contributed by atoms with van der Waals surface area (Å²) >= 11 is 0. The molecule has 1 aromatic rings. The van der Waals surface area contributed by atoms with E-state index in [1.54, 1.807) is 0 Å². The summed E-state index contributed by atoms with van der Waals surface area (Å²) in [6, 6.07) is 4.10. The predicted molar refractivity (Wildman–Crippen MR) is 53.4 cm³/mol. The van der Waals surface area contributed by atoms with Crippen LogP contribution in [-0.2, 0) is 14.3 Å². The molecule has 82 valence electrons. The van der Waals surface area contributed by atoms with Crippen molar-refractivity contribution in [2.24, 2.45) is 5.73 Å². The third-order valence-corrected chi connectivity index (χ3v) is 3.04. The van der Waals surface area contributed by atoms with Gasteiger partial charge in [0.2, 0.25) is 0 Å². The minimum Gasteiger partial charge on any atom is -0.399 e. The lowest BCUT2D eigenvalue weighted by atomic mass is 10.2. The molecule has 0 bridgehead atoms. The van der Waals surface area contributed by atoms with E-state index in [4.69, 9.17) is 5.73 Å². The molecule has 7 heteroatoms. The van der Waals surface area contributed by atoms with Crippen LogP contribution in [0.2, 0.25) is 0 Å². The molecule has 1 rings (SSSR count). The fourth-order valence-corrected chi connectivity index (χ4v) is 2.10. The van der Waals surface area contributed by atoms with Gasteiger partial charge in [-0.3, -0.25) is 0 Å². The van der Waals surface area contributed by atoms with Crippen molar-refractivity contribution in [1.29, 1.82) is 0 Å². The number of hydrogen-bond donors (Lipinski definition) is 2.